The van der Waals surface area contributed by atoms with Crippen molar-refractivity contribution in [1.29, 1.82) is 0 Å². The summed E-state index contributed by atoms with van der Waals surface area (Å²) in [7, 11) is 0. The van der Waals surface area contributed by atoms with E-state index in [1.54, 1.807) is 0 Å². The van der Waals surface area contributed by atoms with E-state index < -0.39 is 0 Å². The standard InChI is InChI=1S/C59H67N3O/c1-6-8-10-12-14-22-40-59(41-23-15-13-11-9-7-2)54-42-47(44-28-30-45(31-29-44)56-60-61-57(63-56)46-32-35-48(36-33-46)58(3,4)5)34-38-52(54)53-39-37-51(43-55(53)59)62(49-24-18-16-19-25-49)50-26-20-17-21-27-50/h16-21,24-39,42-43H,6-15,22-23,40-41H2,1-5H3. The van der Waals surface area contributed by atoms with Crippen LogP contribution >= 0.6 is 0 Å². The van der Waals surface area contributed by atoms with Gasteiger partial charge in [-0.25, -0.2) is 0 Å². The molecule has 0 atom stereocenters. The molecule has 4 nitrogen and oxygen atoms in total. The Morgan fingerprint density at radius 2 is 0.889 bits per heavy atom. The first-order valence-corrected chi connectivity index (χ1v) is 24.0. The van der Waals surface area contributed by atoms with Gasteiger partial charge in [0, 0.05) is 33.6 Å². The average Bonchev–Trinajstić information content (AvgIpc) is 3.91. The number of benzene rings is 6. The van der Waals surface area contributed by atoms with E-state index in [4.69, 9.17) is 4.42 Å². The zero-order valence-electron chi connectivity index (χ0n) is 38.5. The maximum absolute atomic E-state index is 6.24. The number of hydrogen-bond acceptors (Lipinski definition) is 4. The summed E-state index contributed by atoms with van der Waals surface area (Å²) >= 11 is 0. The molecule has 4 heteroatoms. The van der Waals surface area contributed by atoms with Crippen LogP contribution in [0.5, 0.6) is 0 Å². The lowest BCUT2D eigenvalue weighted by Gasteiger charge is -2.34. The summed E-state index contributed by atoms with van der Waals surface area (Å²) in [6.07, 6.45) is 17.8. The molecule has 0 amide bonds. The van der Waals surface area contributed by atoms with Crippen LogP contribution in [0.1, 0.15) is 141 Å². The zero-order valence-corrected chi connectivity index (χ0v) is 38.5. The second-order valence-corrected chi connectivity index (χ2v) is 18.9. The van der Waals surface area contributed by atoms with E-state index in [1.165, 1.54) is 133 Å². The minimum Gasteiger partial charge on any atom is -0.416 e. The Morgan fingerprint density at radius 3 is 1.41 bits per heavy atom. The van der Waals surface area contributed by atoms with Crippen molar-refractivity contribution in [2.24, 2.45) is 0 Å². The molecule has 7 aromatic rings. The van der Waals surface area contributed by atoms with Gasteiger partial charge >= 0.3 is 0 Å². The third-order valence-corrected chi connectivity index (χ3v) is 13.4. The smallest absolute Gasteiger partial charge is 0.248 e. The molecule has 0 spiro atoms. The summed E-state index contributed by atoms with van der Waals surface area (Å²) in [5.74, 6) is 1.08. The fourth-order valence-corrected chi connectivity index (χ4v) is 9.86. The molecule has 0 N–H and O–H groups in total. The molecule has 1 heterocycles. The first-order chi connectivity index (χ1) is 30.8. The van der Waals surface area contributed by atoms with Gasteiger partial charge in [0.25, 0.3) is 0 Å². The molecule has 0 saturated carbocycles. The number of fused-ring (bicyclic) bond motifs is 3. The third kappa shape index (κ3) is 9.91. The molecule has 0 fully saturated rings. The van der Waals surface area contributed by atoms with Gasteiger partial charge < -0.3 is 9.32 Å². The van der Waals surface area contributed by atoms with Crippen LogP contribution in [0.2, 0.25) is 0 Å². The first-order valence-electron chi connectivity index (χ1n) is 24.0. The summed E-state index contributed by atoms with van der Waals surface area (Å²) in [4.78, 5) is 2.44. The summed E-state index contributed by atoms with van der Waals surface area (Å²) in [6.45, 7) is 11.3. The molecular formula is C59H67N3O. The Morgan fingerprint density at radius 1 is 0.444 bits per heavy atom. The average molecular weight is 834 g/mol. The fraction of sp³-hybridized carbons (Fsp3) is 0.356. The Bertz CT molecular complexity index is 2460. The number of rotatable bonds is 20. The molecular weight excluding hydrogens is 767 g/mol. The molecule has 1 aliphatic carbocycles. The van der Waals surface area contributed by atoms with Gasteiger partial charge in [-0.15, -0.1) is 10.2 Å². The first kappa shape index (κ1) is 43.9. The van der Waals surface area contributed by atoms with Crippen molar-refractivity contribution in [2.45, 2.75) is 135 Å². The van der Waals surface area contributed by atoms with E-state index in [1.807, 2.05) is 0 Å². The highest BCUT2D eigenvalue weighted by Gasteiger charge is 2.43. The van der Waals surface area contributed by atoms with Crippen molar-refractivity contribution in [3.63, 3.8) is 0 Å². The molecule has 1 aromatic heterocycles. The highest BCUT2D eigenvalue weighted by molar-refractivity contribution is 5.87. The van der Waals surface area contributed by atoms with Crippen molar-refractivity contribution in [3.05, 3.63) is 162 Å². The van der Waals surface area contributed by atoms with Gasteiger partial charge in [-0.05, 0) is 124 Å². The van der Waals surface area contributed by atoms with Gasteiger partial charge in [0.2, 0.25) is 11.8 Å². The quantitative estimate of drug-likeness (QED) is 0.0718. The van der Waals surface area contributed by atoms with Gasteiger partial charge in [0.1, 0.15) is 0 Å². The molecule has 0 aliphatic heterocycles. The Labute approximate surface area is 377 Å². The van der Waals surface area contributed by atoms with Gasteiger partial charge in [0.05, 0.1) is 0 Å². The minimum atomic E-state index is -0.0730. The summed E-state index contributed by atoms with van der Waals surface area (Å²) in [6, 6.07) is 53.6. The van der Waals surface area contributed by atoms with Crippen LogP contribution in [0.15, 0.2) is 150 Å². The Kier molecular flexibility index (Phi) is 14.1. The van der Waals surface area contributed by atoms with Crippen LogP contribution in [0.4, 0.5) is 17.1 Å². The van der Waals surface area contributed by atoms with Crippen LogP contribution in [-0.4, -0.2) is 10.2 Å². The SMILES string of the molecule is CCCCCCCCC1(CCCCCCCC)c2cc(-c3ccc(-c4nnc(-c5ccc(C(C)(C)C)cc5)o4)cc3)ccc2-c2ccc(N(c3ccccc3)c3ccccc3)cc21. The highest BCUT2D eigenvalue weighted by atomic mass is 16.4. The Hall–Kier alpha value is -5.74. The molecule has 0 bridgehead atoms. The van der Waals surface area contributed by atoms with Crippen LogP contribution < -0.4 is 4.90 Å². The number of para-hydroxylation sites is 2. The molecule has 324 valence electrons. The van der Waals surface area contributed by atoms with Crippen molar-refractivity contribution < 1.29 is 4.42 Å². The highest BCUT2D eigenvalue weighted by Crippen LogP contribution is 2.56. The normalized spacial score (nSPS) is 12.9. The summed E-state index contributed by atoms with van der Waals surface area (Å²) in [5, 5.41) is 8.90. The lowest BCUT2D eigenvalue weighted by Crippen LogP contribution is -2.26. The molecule has 0 unspecified atom stereocenters. The predicted molar refractivity (Wildman–Crippen MR) is 266 cm³/mol. The minimum absolute atomic E-state index is 0.0730. The van der Waals surface area contributed by atoms with E-state index in [0.29, 0.717) is 11.8 Å². The maximum Gasteiger partial charge on any atom is 0.248 e. The Balaban J connectivity index is 1.16. The van der Waals surface area contributed by atoms with Crippen LogP contribution in [0.3, 0.4) is 0 Å². The molecule has 1 aliphatic rings. The second kappa shape index (κ2) is 20.2. The van der Waals surface area contributed by atoms with E-state index in [2.05, 4.69) is 195 Å². The lowest BCUT2D eigenvalue weighted by molar-refractivity contribution is 0.398. The van der Waals surface area contributed by atoms with Crippen molar-refractivity contribution in [3.8, 4) is 45.2 Å². The van der Waals surface area contributed by atoms with E-state index in [0.717, 1.165) is 24.0 Å². The van der Waals surface area contributed by atoms with Gasteiger partial charge in [-0.2, -0.15) is 0 Å². The van der Waals surface area contributed by atoms with Crippen LogP contribution in [0.25, 0.3) is 45.2 Å². The third-order valence-electron chi connectivity index (χ3n) is 13.4. The largest absolute Gasteiger partial charge is 0.416 e. The van der Waals surface area contributed by atoms with E-state index >= 15 is 0 Å². The molecule has 0 saturated heterocycles. The number of nitrogens with zero attached hydrogens (tertiary/aromatic N) is 3. The number of anilines is 3. The van der Waals surface area contributed by atoms with Gasteiger partial charge in [-0.1, -0.05) is 191 Å². The van der Waals surface area contributed by atoms with Crippen molar-refractivity contribution in [2.75, 3.05) is 4.90 Å². The second-order valence-electron chi connectivity index (χ2n) is 18.9. The monoisotopic (exact) mass is 834 g/mol. The van der Waals surface area contributed by atoms with Crippen molar-refractivity contribution >= 4 is 17.1 Å². The summed E-state index contributed by atoms with van der Waals surface area (Å²) in [5.41, 5.74) is 15.0. The molecule has 63 heavy (non-hydrogen) atoms. The van der Waals surface area contributed by atoms with E-state index in [-0.39, 0.29) is 10.8 Å². The van der Waals surface area contributed by atoms with Gasteiger partial charge in [0.15, 0.2) is 0 Å². The zero-order chi connectivity index (χ0) is 43.7. The van der Waals surface area contributed by atoms with Crippen molar-refractivity contribution in [1.82, 2.24) is 10.2 Å². The number of unbranched alkanes of at least 4 members (excludes halogenated alkanes) is 10. The molecule has 6 aromatic carbocycles. The number of aromatic nitrogens is 2. The molecule has 0 radical (unpaired) electrons. The fourth-order valence-electron chi connectivity index (χ4n) is 9.86. The number of hydrogen-bond donors (Lipinski definition) is 0. The summed E-state index contributed by atoms with van der Waals surface area (Å²) < 4.78 is 6.24. The van der Waals surface area contributed by atoms with Gasteiger partial charge in [-0.3, -0.25) is 0 Å². The van der Waals surface area contributed by atoms with E-state index in [9.17, 15) is 0 Å². The lowest BCUT2D eigenvalue weighted by atomic mass is 9.70. The predicted octanol–water partition coefficient (Wildman–Crippen LogP) is 17.6. The maximum atomic E-state index is 6.24. The van der Waals surface area contributed by atoms with Crippen LogP contribution in [0, 0.1) is 0 Å². The van der Waals surface area contributed by atoms with Crippen LogP contribution in [-0.2, 0) is 10.8 Å². The molecule has 8 rings (SSSR count). The topological polar surface area (TPSA) is 42.2 Å².